The molecule has 3 rings (SSSR count). The lowest BCUT2D eigenvalue weighted by Gasteiger charge is -2.31. The third kappa shape index (κ3) is 6.70. The highest BCUT2D eigenvalue weighted by molar-refractivity contribution is 5.92. The highest BCUT2D eigenvalue weighted by Crippen LogP contribution is 2.21. The number of nitrogens with zero attached hydrogens (tertiary/aromatic N) is 2. The monoisotopic (exact) mass is 483 g/mol. The number of urea groups is 1. The summed E-state index contributed by atoms with van der Waals surface area (Å²) in [4.78, 5) is 42.5. The number of carbonyl (C=O) groups excluding carboxylic acids is 3. The quantitative estimate of drug-likeness (QED) is 0.404. The van der Waals surface area contributed by atoms with Crippen LogP contribution in [0.5, 0.6) is 0 Å². The van der Waals surface area contributed by atoms with E-state index < -0.39 is 24.1 Å². The van der Waals surface area contributed by atoms with Gasteiger partial charge in [0.15, 0.2) is 0 Å². The average molecular weight is 484 g/mol. The van der Waals surface area contributed by atoms with Gasteiger partial charge in [0.2, 0.25) is 11.8 Å². The number of carbonyl (C=O) groups is 3. The van der Waals surface area contributed by atoms with Gasteiger partial charge in [0.25, 0.3) is 0 Å². The van der Waals surface area contributed by atoms with Gasteiger partial charge in [0.1, 0.15) is 12.1 Å². The summed E-state index contributed by atoms with van der Waals surface area (Å²) < 4.78 is 0. The molecule has 190 valence electrons. The van der Waals surface area contributed by atoms with E-state index in [2.05, 4.69) is 10.6 Å². The van der Waals surface area contributed by atoms with E-state index in [9.17, 15) is 19.5 Å². The normalized spacial score (nSPS) is 17.1. The van der Waals surface area contributed by atoms with Gasteiger partial charge in [0, 0.05) is 39.1 Å². The lowest BCUT2D eigenvalue weighted by molar-refractivity contribution is -0.131. The Balaban J connectivity index is 1.77. The fourth-order valence-corrected chi connectivity index (χ4v) is 4.45. The minimum absolute atomic E-state index is 0.00454. The molecule has 4 amide bonds. The second kappa shape index (κ2) is 12.5. The van der Waals surface area contributed by atoms with E-state index in [0.29, 0.717) is 26.1 Å². The zero-order chi connectivity index (χ0) is 25.4. The van der Waals surface area contributed by atoms with Crippen molar-refractivity contribution in [2.45, 2.75) is 51.3 Å². The smallest absolute Gasteiger partial charge is 0.320 e. The topological polar surface area (TPSA) is 128 Å². The maximum absolute atomic E-state index is 13.3. The number of likely N-dealkylation sites (tertiary alicyclic amines) is 1. The molecule has 1 aliphatic heterocycles. The lowest BCUT2D eigenvalue weighted by Crippen LogP contribution is -2.56. The number of aliphatic hydroxyl groups excluding tert-OH is 1. The molecular formula is C26H37N5O4. The van der Waals surface area contributed by atoms with Crippen molar-refractivity contribution in [1.29, 1.82) is 0 Å². The Bertz CT molecular complexity index is 1030. The van der Waals surface area contributed by atoms with Gasteiger partial charge < -0.3 is 31.3 Å². The molecule has 1 heterocycles. The van der Waals surface area contributed by atoms with Gasteiger partial charge in [-0.1, -0.05) is 42.5 Å². The number of amides is 4. The molecule has 1 unspecified atom stereocenters. The number of hydrogen-bond acceptors (Lipinski definition) is 5. The molecule has 1 aliphatic rings. The minimum Gasteiger partial charge on any atom is -0.390 e. The first kappa shape index (κ1) is 26.4. The number of hydrogen-bond donors (Lipinski definition) is 4. The fraction of sp³-hybridized carbons (Fsp3) is 0.500. The Kier molecular flexibility index (Phi) is 9.45. The Hall–Kier alpha value is -3.17. The molecule has 2 aromatic rings. The average Bonchev–Trinajstić information content (AvgIpc) is 3.37. The van der Waals surface area contributed by atoms with Gasteiger partial charge in [-0.15, -0.1) is 0 Å². The van der Waals surface area contributed by atoms with Crippen molar-refractivity contribution in [3.05, 3.63) is 48.0 Å². The second-order valence-corrected chi connectivity index (χ2v) is 8.89. The van der Waals surface area contributed by atoms with E-state index in [1.165, 1.54) is 0 Å². The Labute approximate surface area is 206 Å². The summed E-state index contributed by atoms with van der Waals surface area (Å²) in [7, 11) is 0. The van der Waals surface area contributed by atoms with Crippen LogP contribution in [0.4, 0.5) is 4.79 Å². The summed E-state index contributed by atoms with van der Waals surface area (Å²) in [5, 5.41) is 17.5. The molecule has 0 radical (unpaired) electrons. The SMILES string of the molecule is CCN(CC)C(=O)N1CCC[C@H]1C(=O)N[C@H](Cc1ccc2ccccc2c1)C(=O)NCC(O)CN. The zero-order valence-electron chi connectivity index (χ0n) is 20.6. The molecule has 2 aromatic carbocycles. The summed E-state index contributed by atoms with van der Waals surface area (Å²) in [6, 6.07) is 12.2. The fourth-order valence-electron chi connectivity index (χ4n) is 4.45. The van der Waals surface area contributed by atoms with Crippen LogP contribution in [0.2, 0.25) is 0 Å². The van der Waals surface area contributed by atoms with Gasteiger partial charge in [-0.2, -0.15) is 0 Å². The molecule has 0 spiro atoms. The van der Waals surface area contributed by atoms with Crippen molar-refractivity contribution in [3.8, 4) is 0 Å². The van der Waals surface area contributed by atoms with Gasteiger partial charge in [-0.3, -0.25) is 9.59 Å². The van der Waals surface area contributed by atoms with E-state index in [-0.39, 0.29) is 31.4 Å². The van der Waals surface area contributed by atoms with E-state index in [1.54, 1.807) is 9.80 Å². The lowest BCUT2D eigenvalue weighted by atomic mass is 10.0. The molecule has 0 aliphatic carbocycles. The van der Waals surface area contributed by atoms with Crippen LogP contribution >= 0.6 is 0 Å². The van der Waals surface area contributed by atoms with Gasteiger partial charge in [-0.25, -0.2) is 4.79 Å². The number of fused-ring (bicyclic) bond motifs is 1. The second-order valence-electron chi connectivity index (χ2n) is 8.89. The van der Waals surface area contributed by atoms with E-state index in [0.717, 1.165) is 22.8 Å². The highest BCUT2D eigenvalue weighted by Gasteiger charge is 2.37. The molecule has 5 N–H and O–H groups in total. The maximum Gasteiger partial charge on any atom is 0.320 e. The molecule has 3 atom stereocenters. The summed E-state index contributed by atoms with van der Waals surface area (Å²) in [5.74, 6) is -0.748. The summed E-state index contributed by atoms with van der Waals surface area (Å²) >= 11 is 0. The summed E-state index contributed by atoms with van der Waals surface area (Å²) in [6.45, 7) is 5.48. The molecule has 1 saturated heterocycles. The van der Waals surface area contributed by atoms with Gasteiger partial charge in [0.05, 0.1) is 6.10 Å². The number of nitrogens with one attached hydrogen (secondary N) is 2. The van der Waals surface area contributed by atoms with Crippen LogP contribution in [0.25, 0.3) is 10.8 Å². The van der Waals surface area contributed by atoms with Crippen molar-refractivity contribution in [2.24, 2.45) is 5.73 Å². The molecule has 35 heavy (non-hydrogen) atoms. The van der Waals surface area contributed by atoms with Crippen LogP contribution in [0.3, 0.4) is 0 Å². The Morgan fingerprint density at radius 3 is 2.54 bits per heavy atom. The number of benzene rings is 2. The van der Waals surface area contributed by atoms with Crippen molar-refractivity contribution in [3.63, 3.8) is 0 Å². The minimum atomic E-state index is -0.868. The first-order valence-corrected chi connectivity index (χ1v) is 12.4. The Morgan fingerprint density at radius 1 is 1.14 bits per heavy atom. The van der Waals surface area contributed by atoms with Gasteiger partial charge >= 0.3 is 6.03 Å². The van der Waals surface area contributed by atoms with Crippen LogP contribution in [0, 0.1) is 0 Å². The largest absolute Gasteiger partial charge is 0.390 e. The van der Waals surface area contributed by atoms with Crippen molar-refractivity contribution < 1.29 is 19.5 Å². The molecule has 0 aromatic heterocycles. The third-order valence-electron chi connectivity index (χ3n) is 6.51. The molecular weight excluding hydrogens is 446 g/mol. The van der Waals surface area contributed by atoms with E-state index in [4.69, 9.17) is 5.73 Å². The van der Waals surface area contributed by atoms with Crippen LogP contribution in [-0.2, 0) is 16.0 Å². The van der Waals surface area contributed by atoms with Crippen molar-refractivity contribution >= 4 is 28.6 Å². The highest BCUT2D eigenvalue weighted by atomic mass is 16.3. The number of aliphatic hydroxyl groups is 1. The van der Waals surface area contributed by atoms with Crippen LogP contribution in [0.1, 0.15) is 32.3 Å². The molecule has 0 bridgehead atoms. The first-order chi connectivity index (χ1) is 16.9. The molecule has 0 saturated carbocycles. The van der Waals surface area contributed by atoms with Crippen LogP contribution in [-0.4, -0.2) is 83.7 Å². The Morgan fingerprint density at radius 2 is 1.86 bits per heavy atom. The number of rotatable bonds is 10. The standard InChI is InChI=1S/C26H37N5O4/c1-3-30(4-2)26(35)31-13-7-10-23(31)25(34)29-22(24(33)28-17-21(32)16-27)15-18-11-12-19-8-5-6-9-20(19)14-18/h5-6,8-9,11-12,14,21-23,32H,3-4,7,10,13,15-17,27H2,1-2H3,(H,28,33)(H,29,34)/t21?,22-,23+/m1/s1. The predicted molar refractivity (Wildman–Crippen MR) is 136 cm³/mol. The van der Waals surface area contributed by atoms with Crippen molar-refractivity contribution in [1.82, 2.24) is 20.4 Å². The van der Waals surface area contributed by atoms with Crippen molar-refractivity contribution in [2.75, 3.05) is 32.7 Å². The van der Waals surface area contributed by atoms with E-state index in [1.807, 2.05) is 56.3 Å². The maximum atomic E-state index is 13.3. The number of nitrogens with two attached hydrogens (primary N) is 1. The first-order valence-electron chi connectivity index (χ1n) is 12.4. The van der Waals surface area contributed by atoms with Crippen LogP contribution < -0.4 is 16.4 Å². The van der Waals surface area contributed by atoms with E-state index >= 15 is 0 Å². The molecule has 1 fully saturated rings. The summed E-state index contributed by atoms with van der Waals surface area (Å²) in [6.07, 6.45) is 0.690. The predicted octanol–water partition coefficient (Wildman–Crippen LogP) is 1.23. The zero-order valence-corrected chi connectivity index (χ0v) is 20.6. The van der Waals surface area contributed by atoms with Gasteiger partial charge in [-0.05, 0) is 43.0 Å². The molecule has 9 nitrogen and oxygen atoms in total. The summed E-state index contributed by atoms with van der Waals surface area (Å²) in [5.41, 5.74) is 6.35. The molecule has 9 heteroatoms. The van der Waals surface area contributed by atoms with Crippen LogP contribution in [0.15, 0.2) is 42.5 Å². The third-order valence-corrected chi connectivity index (χ3v) is 6.51.